The summed E-state index contributed by atoms with van der Waals surface area (Å²) in [6.07, 6.45) is 0.306. The molecule has 1 aromatic rings. The van der Waals surface area contributed by atoms with Crippen molar-refractivity contribution in [2.45, 2.75) is 12.2 Å². The molecule has 0 atom stereocenters. The van der Waals surface area contributed by atoms with Gasteiger partial charge in [-0.25, -0.2) is 4.39 Å². The second-order valence-corrected chi connectivity index (χ2v) is 4.37. The van der Waals surface area contributed by atoms with E-state index in [1.54, 1.807) is 18.2 Å². The summed E-state index contributed by atoms with van der Waals surface area (Å²) < 4.78 is 18.1. The minimum absolute atomic E-state index is 0.0519. The van der Waals surface area contributed by atoms with E-state index in [0.29, 0.717) is 23.5 Å². The van der Waals surface area contributed by atoms with Crippen molar-refractivity contribution in [2.24, 2.45) is 0 Å². The van der Waals surface area contributed by atoms with Gasteiger partial charge < -0.3 is 4.74 Å². The Hall–Kier alpha value is -1.54. The lowest BCUT2D eigenvalue weighted by atomic mass is 10.1. The van der Waals surface area contributed by atoms with E-state index in [9.17, 15) is 9.18 Å². The summed E-state index contributed by atoms with van der Waals surface area (Å²) in [6, 6.07) is 6.53. The summed E-state index contributed by atoms with van der Waals surface area (Å²) >= 11 is 1.43. The van der Waals surface area contributed by atoms with Crippen LogP contribution in [0.15, 0.2) is 18.2 Å². The molecule has 0 aliphatic heterocycles. The van der Waals surface area contributed by atoms with E-state index in [-0.39, 0.29) is 11.5 Å². The first-order valence-corrected chi connectivity index (χ1v) is 6.16. The number of ether oxygens (including phenoxy) is 1. The summed E-state index contributed by atoms with van der Waals surface area (Å²) in [6.45, 7) is 0. The number of halogens is 1. The Balaban J connectivity index is 2.48. The Labute approximate surface area is 104 Å². The monoisotopic (exact) mass is 253 g/mol. The van der Waals surface area contributed by atoms with Crippen molar-refractivity contribution in [2.75, 3.05) is 12.9 Å². The molecule has 0 saturated heterocycles. The number of hydrogen-bond donors (Lipinski definition) is 0. The van der Waals surface area contributed by atoms with Gasteiger partial charge >= 0.3 is 5.97 Å². The standard InChI is InChI=1S/C12H12FNO2S/c1-16-11(15)5-6-17-8-10-4-2-3-9(7-14)12(10)13/h2-4H,5-6,8H2,1H3. The zero-order valence-corrected chi connectivity index (χ0v) is 10.2. The number of nitriles is 1. The fourth-order valence-corrected chi connectivity index (χ4v) is 2.12. The van der Waals surface area contributed by atoms with Crippen molar-refractivity contribution < 1.29 is 13.9 Å². The summed E-state index contributed by atoms with van der Waals surface area (Å²) in [5.41, 5.74) is 0.537. The van der Waals surface area contributed by atoms with Gasteiger partial charge in [-0.05, 0) is 11.6 Å². The lowest BCUT2D eigenvalue weighted by molar-refractivity contribution is -0.140. The fourth-order valence-electron chi connectivity index (χ4n) is 1.22. The highest BCUT2D eigenvalue weighted by atomic mass is 32.2. The zero-order chi connectivity index (χ0) is 12.7. The van der Waals surface area contributed by atoms with Gasteiger partial charge in [0.2, 0.25) is 0 Å². The van der Waals surface area contributed by atoms with Gasteiger partial charge in [0.25, 0.3) is 0 Å². The maximum absolute atomic E-state index is 13.6. The second kappa shape index (κ2) is 6.92. The molecule has 0 heterocycles. The number of rotatable bonds is 5. The van der Waals surface area contributed by atoms with Crippen molar-refractivity contribution in [3.05, 3.63) is 35.1 Å². The molecule has 0 bridgehead atoms. The number of carbonyl (C=O) groups excluding carboxylic acids is 1. The molecular formula is C12H12FNO2S. The van der Waals surface area contributed by atoms with Crippen LogP contribution in [0.5, 0.6) is 0 Å². The Morgan fingerprint density at radius 3 is 3.00 bits per heavy atom. The lowest BCUT2D eigenvalue weighted by Gasteiger charge is -2.04. The molecule has 0 spiro atoms. The Morgan fingerprint density at radius 2 is 2.35 bits per heavy atom. The van der Waals surface area contributed by atoms with Gasteiger partial charge in [-0.1, -0.05) is 12.1 Å². The van der Waals surface area contributed by atoms with E-state index in [1.165, 1.54) is 24.9 Å². The van der Waals surface area contributed by atoms with E-state index >= 15 is 0 Å². The van der Waals surface area contributed by atoms with Crippen molar-refractivity contribution >= 4 is 17.7 Å². The van der Waals surface area contributed by atoms with Gasteiger partial charge in [0.1, 0.15) is 11.9 Å². The number of methoxy groups -OCH3 is 1. The van der Waals surface area contributed by atoms with Gasteiger partial charge in [0, 0.05) is 11.5 Å². The minimum Gasteiger partial charge on any atom is -0.469 e. The van der Waals surface area contributed by atoms with Crippen LogP contribution in [0.2, 0.25) is 0 Å². The lowest BCUT2D eigenvalue weighted by Crippen LogP contribution is -2.01. The van der Waals surface area contributed by atoms with Crippen molar-refractivity contribution in [3.8, 4) is 6.07 Å². The van der Waals surface area contributed by atoms with E-state index in [4.69, 9.17) is 5.26 Å². The van der Waals surface area contributed by atoms with E-state index < -0.39 is 5.82 Å². The summed E-state index contributed by atoms with van der Waals surface area (Å²) in [4.78, 5) is 10.8. The van der Waals surface area contributed by atoms with Crippen LogP contribution in [0.4, 0.5) is 4.39 Å². The van der Waals surface area contributed by atoms with Crippen molar-refractivity contribution in [1.29, 1.82) is 5.26 Å². The third-order valence-corrected chi connectivity index (χ3v) is 3.14. The number of esters is 1. The van der Waals surface area contributed by atoms with E-state index in [0.717, 1.165) is 0 Å². The topological polar surface area (TPSA) is 50.1 Å². The Bertz CT molecular complexity index is 443. The SMILES string of the molecule is COC(=O)CCSCc1cccc(C#N)c1F. The minimum atomic E-state index is -0.472. The molecule has 5 heteroatoms. The zero-order valence-electron chi connectivity index (χ0n) is 9.40. The molecular weight excluding hydrogens is 241 g/mol. The molecule has 0 N–H and O–H groups in total. The highest BCUT2D eigenvalue weighted by Crippen LogP contribution is 2.18. The van der Waals surface area contributed by atoms with E-state index in [1.807, 2.05) is 0 Å². The van der Waals surface area contributed by atoms with Gasteiger partial charge in [-0.15, -0.1) is 0 Å². The molecule has 90 valence electrons. The van der Waals surface area contributed by atoms with Crippen molar-refractivity contribution in [1.82, 2.24) is 0 Å². The average Bonchev–Trinajstić information content (AvgIpc) is 2.36. The molecule has 0 aromatic heterocycles. The fraction of sp³-hybridized carbons (Fsp3) is 0.333. The van der Waals surface area contributed by atoms with Crippen LogP contribution in [0.25, 0.3) is 0 Å². The molecule has 0 aliphatic carbocycles. The van der Waals surface area contributed by atoms with Gasteiger partial charge in [0.05, 0.1) is 19.1 Å². The molecule has 0 radical (unpaired) electrons. The number of benzene rings is 1. The molecule has 1 aromatic carbocycles. The second-order valence-electron chi connectivity index (χ2n) is 3.27. The molecule has 0 aliphatic rings. The highest BCUT2D eigenvalue weighted by Gasteiger charge is 2.07. The first-order chi connectivity index (χ1) is 8.19. The van der Waals surface area contributed by atoms with Crippen LogP contribution in [0.3, 0.4) is 0 Å². The molecule has 0 saturated carbocycles. The Kier molecular flexibility index (Phi) is 5.50. The number of carbonyl (C=O) groups is 1. The van der Waals surface area contributed by atoms with Crippen LogP contribution in [-0.2, 0) is 15.3 Å². The maximum atomic E-state index is 13.6. The van der Waals surface area contributed by atoms with Crippen LogP contribution in [0, 0.1) is 17.1 Å². The molecule has 1 rings (SSSR count). The average molecular weight is 253 g/mol. The largest absolute Gasteiger partial charge is 0.469 e. The molecule has 17 heavy (non-hydrogen) atoms. The molecule has 0 fully saturated rings. The van der Waals surface area contributed by atoms with Crippen molar-refractivity contribution in [3.63, 3.8) is 0 Å². The van der Waals surface area contributed by atoms with Gasteiger partial charge in [0.15, 0.2) is 0 Å². The maximum Gasteiger partial charge on any atom is 0.306 e. The molecule has 0 amide bonds. The van der Waals surface area contributed by atoms with Crippen LogP contribution >= 0.6 is 11.8 Å². The predicted molar refractivity (Wildman–Crippen MR) is 63.9 cm³/mol. The van der Waals surface area contributed by atoms with Gasteiger partial charge in [-0.2, -0.15) is 17.0 Å². The number of nitrogens with zero attached hydrogens (tertiary/aromatic N) is 1. The first kappa shape index (κ1) is 13.5. The normalized spacial score (nSPS) is 9.71. The highest BCUT2D eigenvalue weighted by molar-refractivity contribution is 7.98. The third-order valence-electron chi connectivity index (χ3n) is 2.13. The molecule has 3 nitrogen and oxygen atoms in total. The van der Waals surface area contributed by atoms with Crippen LogP contribution < -0.4 is 0 Å². The quantitative estimate of drug-likeness (QED) is 0.597. The predicted octanol–water partition coefficient (Wildman–Crippen LogP) is 2.49. The Morgan fingerprint density at radius 1 is 1.59 bits per heavy atom. The summed E-state index contributed by atoms with van der Waals surface area (Å²) in [7, 11) is 1.34. The smallest absolute Gasteiger partial charge is 0.306 e. The van der Waals surface area contributed by atoms with Gasteiger partial charge in [-0.3, -0.25) is 4.79 Å². The first-order valence-electron chi connectivity index (χ1n) is 5.01. The summed E-state index contributed by atoms with van der Waals surface area (Å²) in [5, 5.41) is 8.66. The number of thioether (sulfide) groups is 1. The van der Waals surface area contributed by atoms with Crippen LogP contribution in [0.1, 0.15) is 17.5 Å². The number of hydrogen-bond acceptors (Lipinski definition) is 4. The van der Waals surface area contributed by atoms with Crippen LogP contribution in [-0.4, -0.2) is 18.8 Å². The van der Waals surface area contributed by atoms with E-state index in [2.05, 4.69) is 4.74 Å². The summed E-state index contributed by atoms with van der Waals surface area (Å²) in [5.74, 6) is 0.269. The molecule has 0 unspecified atom stereocenters. The third kappa shape index (κ3) is 4.08.